The number of hydrogen-bond acceptors (Lipinski definition) is 3. The molecule has 0 saturated carbocycles. The summed E-state index contributed by atoms with van der Waals surface area (Å²) in [5.41, 5.74) is 0. The third kappa shape index (κ3) is 3.30. The van der Waals surface area contributed by atoms with Gasteiger partial charge in [0.1, 0.15) is 24.4 Å². The Morgan fingerprint density at radius 3 is 2.55 bits per heavy atom. The molecule has 2 rings (SSSR count). The second-order valence-electron chi connectivity index (χ2n) is 4.74. The summed E-state index contributed by atoms with van der Waals surface area (Å²) >= 11 is 3.35. The van der Waals surface area contributed by atoms with Gasteiger partial charge in [0.05, 0.1) is 6.54 Å². The van der Waals surface area contributed by atoms with Crippen LogP contribution in [0.3, 0.4) is 0 Å². The van der Waals surface area contributed by atoms with Crippen molar-refractivity contribution in [3.63, 3.8) is 0 Å². The van der Waals surface area contributed by atoms with E-state index in [4.69, 9.17) is 4.74 Å². The van der Waals surface area contributed by atoms with Gasteiger partial charge in [-0.1, -0.05) is 15.9 Å². The lowest BCUT2D eigenvalue weighted by Crippen LogP contribution is -2.62. The number of hydrogen-bond donors (Lipinski definition) is 1. The number of amides is 2. The van der Waals surface area contributed by atoms with Crippen LogP contribution in [0.5, 0.6) is 5.75 Å². The average molecular weight is 341 g/mol. The first-order chi connectivity index (χ1) is 9.49. The van der Waals surface area contributed by atoms with Crippen molar-refractivity contribution >= 4 is 27.7 Å². The Morgan fingerprint density at radius 2 is 1.90 bits per heavy atom. The van der Waals surface area contributed by atoms with Crippen molar-refractivity contribution in [1.82, 2.24) is 10.2 Å². The summed E-state index contributed by atoms with van der Waals surface area (Å²) < 4.78 is 6.57. The van der Waals surface area contributed by atoms with Crippen LogP contribution in [0.15, 0.2) is 28.7 Å². The summed E-state index contributed by atoms with van der Waals surface area (Å²) in [4.78, 5) is 25.3. The number of ether oxygens (including phenoxy) is 1. The number of rotatable bonds is 4. The second kappa shape index (κ2) is 6.26. The highest BCUT2D eigenvalue weighted by Gasteiger charge is 2.35. The molecule has 1 N–H and O–H groups in total. The molecule has 0 bridgehead atoms. The van der Waals surface area contributed by atoms with Gasteiger partial charge in [-0.25, -0.2) is 0 Å². The summed E-state index contributed by atoms with van der Waals surface area (Å²) in [6.45, 7) is 4.17. The van der Waals surface area contributed by atoms with E-state index in [0.717, 1.165) is 10.2 Å². The Morgan fingerprint density at radius 1 is 1.25 bits per heavy atom. The maximum absolute atomic E-state index is 12.0. The first-order valence-corrected chi connectivity index (χ1v) is 7.27. The molecule has 2 unspecified atom stereocenters. The molecule has 2 atom stereocenters. The van der Waals surface area contributed by atoms with E-state index in [0.29, 0.717) is 13.2 Å². The minimum absolute atomic E-state index is 0.0727. The molecule has 1 heterocycles. The van der Waals surface area contributed by atoms with Crippen LogP contribution < -0.4 is 10.1 Å². The predicted octanol–water partition coefficient (Wildman–Crippen LogP) is 1.56. The molecule has 1 fully saturated rings. The van der Waals surface area contributed by atoms with Crippen LogP contribution in [-0.4, -0.2) is 41.9 Å². The van der Waals surface area contributed by atoms with E-state index in [1.165, 1.54) is 0 Å². The standard InChI is InChI=1S/C14H17BrN2O3/c1-9-14(19)17(10(2)13(18)16-9)7-8-20-12-5-3-11(15)4-6-12/h3-6,9-10H,7-8H2,1-2H3,(H,16,18). The van der Waals surface area contributed by atoms with Gasteiger partial charge in [-0.3, -0.25) is 9.59 Å². The lowest BCUT2D eigenvalue weighted by molar-refractivity contribution is -0.148. The van der Waals surface area contributed by atoms with Gasteiger partial charge in [0, 0.05) is 4.47 Å². The van der Waals surface area contributed by atoms with Gasteiger partial charge in [-0.2, -0.15) is 0 Å². The molecular formula is C14H17BrN2O3. The lowest BCUT2D eigenvalue weighted by Gasteiger charge is -2.35. The van der Waals surface area contributed by atoms with Gasteiger partial charge >= 0.3 is 0 Å². The fourth-order valence-electron chi connectivity index (χ4n) is 2.07. The summed E-state index contributed by atoms with van der Waals surface area (Å²) in [5, 5.41) is 2.65. The molecule has 0 radical (unpaired) electrons. The molecule has 5 nitrogen and oxygen atoms in total. The molecule has 1 aliphatic rings. The van der Waals surface area contributed by atoms with Crippen molar-refractivity contribution in [2.75, 3.05) is 13.2 Å². The Hall–Kier alpha value is -1.56. The van der Waals surface area contributed by atoms with Gasteiger partial charge in [-0.05, 0) is 38.1 Å². The van der Waals surface area contributed by atoms with Gasteiger partial charge in [-0.15, -0.1) is 0 Å². The highest BCUT2D eigenvalue weighted by Crippen LogP contribution is 2.16. The normalized spacial score (nSPS) is 22.6. The molecule has 1 saturated heterocycles. The average Bonchev–Trinajstić information content (AvgIpc) is 2.42. The Kier molecular flexibility index (Phi) is 4.65. The third-order valence-corrected chi connectivity index (χ3v) is 3.80. The van der Waals surface area contributed by atoms with E-state index in [-0.39, 0.29) is 11.8 Å². The molecule has 6 heteroatoms. The molecule has 1 aromatic rings. The van der Waals surface area contributed by atoms with Crippen molar-refractivity contribution in [2.45, 2.75) is 25.9 Å². The zero-order valence-corrected chi connectivity index (χ0v) is 13.0. The number of carbonyl (C=O) groups is 2. The van der Waals surface area contributed by atoms with Crippen LogP contribution in [0.4, 0.5) is 0 Å². The molecule has 20 heavy (non-hydrogen) atoms. The van der Waals surface area contributed by atoms with Crippen LogP contribution >= 0.6 is 15.9 Å². The fraction of sp³-hybridized carbons (Fsp3) is 0.429. The molecule has 108 valence electrons. The number of nitrogens with one attached hydrogen (secondary N) is 1. The maximum Gasteiger partial charge on any atom is 0.245 e. The van der Waals surface area contributed by atoms with Crippen molar-refractivity contribution in [2.24, 2.45) is 0 Å². The summed E-state index contributed by atoms with van der Waals surface area (Å²) in [7, 11) is 0. The molecule has 2 amide bonds. The van der Waals surface area contributed by atoms with Crippen molar-refractivity contribution < 1.29 is 14.3 Å². The highest BCUT2D eigenvalue weighted by molar-refractivity contribution is 9.10. The van der Waals surface area contributed by atoms with Crippen LogP contribution in [0.2, 0.25) is 0 Å². The second-order valence-corrected chi connectivity index (χ2v) is 5.66. The quantitative estimate of drug-likeness (QED) is 0.904. The molecular weight excluding hydrogens is 324 g/mol. The third-order valence-electron chi connectivity index (χ3n) is 3.27. The first-order valence-electron chi connectivity index (χ1n) is 6.48. The predicted molar refractivity (Wildman–Crippen MR) is 78.4 cm³/mol. The summed E-state index contributed by atoms with van der Waals surface area (Å²) in [5.74, 6) is 0.542. The van der Waals surface area contributed by atoms with E-state index in [2.05, 4.69) is 21.2 Å². The minimum Gasteiger partial charge on any atom is -0.492 e. The summed E-state index contributed by atoms with van der Waals surface area (Å²) in [6, 6.07) is 6.56. The van der Waals surface area contributed by atoms with Crippen molar-refractivity contribution in [3.05, 3.63) is 28.7 Å². The van der Waals surface area contributed by atoms with E-state index < -0.39 is 12.1 Å². The molecule has 1 aromatic carbocycles. The first kappa shape index (κ1) is 14.8. The van der Waals surface area contributed by atoms with Gasteiger partial charge in [0.15, 0.2) is 0 Å². The zero-order chi connectivity index (χ0) is 14.7. The highest BCUT2D eigenvalue weighted by atomic mass is 79.9. The number of benzene rings is 1. The smallest absolute Gasteiger partial charge is 0.245 e. The zero-order valence-electron chi connectivity index (χ0n) is 11.4. The number of carbonyl (C=O) groups excluding carboxylic acids is 2. The van der Waals surface area contributed by atoms with Crippen LogP contribution in [-0.2, 0) is 9.59 Å². The van der Waals surface area contributed by atoms with E-state index in [9.17, 15) is 9.59 Å². The maximum atomic E-state index is 12.0. The Labute approximate surface area is 126 Å². The number of nitrogens with zero attached hydrogens (tertiary/aromatic N) is 1. The van der Waals surface area contributed by atoms with E-state index >= 15 is 0 Å². The monoisotopic (exact) mass is 340 g/mol. The van der Waals surface area contributed by atoms with Gasteiger partial charge in [0.2, 0.25) is 11.8 Å². The van der Waals surface area contributed by atoms with Crippen molar-refractivity contribution in [3.8, 4) is 5.75 Å². The topological polar surface area (TPSA) is 58.6 Å². The summed E-state index contributed by atoms with van der Waals surface area (Å²) in [6.07, 6.45) is 0. The Bertz CT molecular complexity index is 504. The SMILES string of the molecule is CC1NC(=O)C(C)N(CCOc2ccc(Br)cc2)C1=O. The Balaban J connectivity index is 1.90. The molecule has 0 spiro atoms. The molecule has 1 aliphatic heterocycles. The van der Waals surface area contributed by atoms with E-state index in [1.807, 2.05) is 24.3 Å². The number of piperazine rings is 1. The van der Waals surface area contributed by atoms with Gasteiger partial charge in [0.25, 0.3) is 0 Å². The van der Waals surface area contributed by atoms with Crippen LogP contribution in [0.1, 0.15) is 13.8 Å². The van der Waals surface area contributed by atoms with Crippen LogP contribution in [0.25, 0.3) is 0 Å². The number of halogens is 1. The van der Waals surface area contributed by atoms with Crippen LogP contribution in [0, 0.1) is 0 Å². The molecule has 0 aliphatic carbocycles. The fourth-order valence-corrected chi connectivity index (χ4v) is 2.34. The minimum atomic E-state index is -0.466. The van der Waals surface area contributed by atoms with E-state index in [1.54, 1.807) is 18.7 Å². The lowest BCUT2D eigenvalue weighted by atomic mass is 10.1. The largest absolute Gasteiger partial charge is 0.492 e. The molecule has 0 aromatic heterocycles. The van der Waals surface area contributed by atoms with Gasteiger partial charge < -0.3 is 15.0 Å². The van der Waals surface area contributed by atoms with Crippen molar-refractivity contribution in [1.29, 1.82) is 0 Å².